The van der Waals surface area contributed by atoms with Gasteiger partial charge in [0.15, 0.2) is 23.3 Å². The lowest BCUT2D eigenvalue weighted by atomic mass is 10.2. The molecule has 0 amide bonds. The Morgan fingerprint density at radius 1 is 1.21 bits per heavy atom. The Labute approximate surface area is 110 Å². The van der Waals surface area contributed by atoms with Crippen molar-refractivity contribution in [3.05, 3.63) is 41.2 Å². The first kappa shape index (κ1) is 13.8. The minimum absolute atomic E-state index is 0.127. The molecule has 1 aromatic carbocycles. The highest BCUT2D eigenvalue weighted by molar-refractivity contribution is 6.20. The quantitative estimate of drug-likeness (QED) is 0.492. The Morgan fingerprint density at radius 3 is 2.32 bits per heavy atom. The smallest absolute Gasteiger partial charge is 0.187 e. The fraction of sp³-hybridized carbons (Fsp3) is 0.273. The van der Waals surface area contributed by atoms with Crippen molar-refractivity contribution in [2.75, 3.05) is 0 Å². The van der Waals surface area contributed by atoms with Gasteiger partial charge in [-0.25, -0.2) is 22.2 Å². The van der Waals surface area contributed by atoms with Crippen molar-refractivity contribution >= 4 is 11.6 Å². The molecule has 0 fully saturated rings. The van der Waals surface area contributed by atoms with Crippen LogP contribution in [0.15, 0.2) is 12.3 Å². The molecule has 0 saturated heterocycles. The summed E-state index contributed by atoms with van der Waals surface area (Å²) < 4.78 is 53.8. The first-order valence-corrected chi connectivity index (χ1v) is 5.79. The highest BCUT2D eigenvalue weighted by Crippen LogP contribution is 2.25. The summed E-state index contributed by atoms with van der Waals surface area (Å²) in [6.07, 6.45) is 1.64. The molecule has 1 atom stereocenters. The monoisotopic (exact) mass is 293 g/mol. The molecule has 0 bridgehead atoms. The molecule has 0 N–H and O–H groups in total. The SMILES string of the molecule is CCC(Cl)c1cn(-c2c(F)c(F)cc(F)c2F)nn1. The number of aromatic nitrogens is 3. The van der Waals surface area contributed by atoms with Crippen LogP contribution in [0.1, 0.15) is 24.4 Å². The molecule has 1 heterocycles. The standard InChI is InChI=1S/C11H8ClF4N3/c1-2-5(12)8-4-19(18-17-8)11-9(15)6(13)3-7(14)10(11)16/h3-5H,2H2,1H3. The van der Waals surface area contributed by atoms with Crippen LogP contribution in [-0.2, 0) is 0 Å². The third-order valence-corrected chi connectivity index (χ3v) is 3.04. The second-order valence-corrected chi connectivity index (χ2v) is 4.31. The van der Waals surface area contributed by atoms with Crippen molar-refractivity contribution in [1.29, 1.82) is 0 Å². The fourth-order valence-electron chi connectivity index (χ4n) is 1.50. The molecule has 0 aliphatic carbocycles. The molecule has 0 spiro atoms. The van der Waals surface area contributed by atoms with Gasteiger partial charge in [0.05, 0.1) is 11.6 Å². The minimum atomic E-state index is -1.54. The van der Waals surface area contributed by atoms with Gasteiger partial charge < -0.3 is 0 Å². The maximum atomic E-state index is 13.5. The van der Waals surface area contributed by atoms with Gasteiger partial charge in [0.2, 0.25) is 0 Å². The van der Waals surface area contributed by atoms with Gasteiger partial charge in [0.25, 0.3) is 0 Å². The van der Waals surface area contributed by atoms with Crippen LogP contribution in [0.2, 0.25) is 0 Å². The Balaban J connectivity index is 2.56. The first-order valence-electron chi connectivity index (χ1n) is 5.35. The van der Waals surface area contributed by atoms with Gasteiger partial charge in [-0.05, 0) is 6.42 Å². The average molecular weight is 294 g/mol. The van der Waals surface area contributed by atoms with Crippen molar-refractivity contribution in [3.8, 4) is 5.69 Å². The highest BCUT2D eigenvalue weighted by Gasteiger charge is 2.22. The predicted molar refractivity (Wildman–Crippen MR) is 60.1 cm³/mol. The zero-order chi connectivity index (χ0) is 14.2. The van der Waals surface area contributed by atoms with Crippen LogP contribution < -0.4 is 0 Å². The van der Waals surface area contributed by atoms with Crippen LogP contribution in [-0.4, -0.2) is 15.0 Å². The summed E-state index contributed by atoms with van der Waals surface area (Å²) in [5.41, 5.74) is -0.705. The lowest BCUT2D eigenvalue weighted by Crippen LogP contribution is -2.07. The molecule has 3 nitrogen and oxygen atoms in total. The van der Waals surface area contributed by atoms with Crippen molar-refractivity contribution in [3.63, 3.8) is 0 Å². The fourth-order valence-corrected chi connectivity index (χ4v) is 1.60. The van der Waals surface area contributed by atoms with Crippen LogP contribution >= 0.6 is 11.6 Å². The Kier molecular flexibility index (Phi) is 3.75. The van der Waals surface area contributed by atoms with Crippen LogP contribution in [0.5, 0.6) is 0 Å². The topological polar surface area (TPSA) is 30.7 Å². The molecule has 102 valence electrons. The summed E-state index contributed by atoms with van der Waals surface area (Å²) >= 11 is 5.88. The number of hydrogen-bond donors (Lipinski definition) is 0. The van der Waals surface area contributed by atoms with Crippen LogP contribution in [0.3, 0.4) is 0 Å². The van der Waals surface area contributed by atoms with E-state index in [0.717, 1.165) is 6.20 Å². The molecule has 2 aromatic rings. The molecular formula is C11H8ClF4N3. The second kappa shape index (κ2) is 5.16. The van der Waals surface area contributed by atoms with E-state index in [-0.39, 0.29) is 11.8 Å². The van der Waals surface area contributed by atoms with Crippen LogP contribution in [0.4, 0.5) is 17.6 Å². The van der Waals surface area contributed by atoms with E-state index in [1.54, 1.807) is 6.92 Å². The third kappa shape index (κ3) is 2.42. The van der Waals surface area contributed by atoms with E-state index in [1.807, 2.05) is 0 Å². The minimum Gasteiger partial charge on any atom is -0.214 e. The van der Waals surface area contributed by atoms with Crippen molar-refractivity contribution in [2.45, 2.75) is 18.7 Å². The van der Waals surface area contributed by atoms with E-state index < -0.39 is 34.3 Å². The lowest BCUT2D eigenvalue weighted by molar-refractivity contribution is 0.443. The molecule has 1 unspecified atom stereocenters. The molecule has 0 aliphatic rings. The Bertz CT molecular complexity index is 588. The van der Waals surface area contributed by atoms with Gasteiger partial charge in [-0.1, -0.05) is 12.1 Å². The summed E-state index contributed by atoms with van der Waals surface area (Å²) in [4.78, 5) is 0. The lowest BCUT2D eigenvalue weighted by Gasteiger charge is -2.05. The Morgan fingerprint density at radius 2 is 1.79 bits per heavy atom. The van der Waals surface area contributed by atoms with E-state index in [9.17, 15) is 17.6 Å². The van der Waals surface area contributed by atoms with Gasteiger partial charge in [0.1, 0.15) is 11.4 Å². The van der Waals surface area contributed by atoms with E-state index in [0.29, 0.717) is 11.1 Å². The van der Waals surface area contributed by atoms with E-state index in [1.165, 1.54) is 0 Å². The number of nitrogens with zero attached hydrogens (tertiary/aromatic N) is 3. The Hall–Kier alpha value is -1.63. The van der Waals surface area contributed by atoms with Crippen molar-refractivity contribution in [2.24, 2.45) is 0 Å². The summed E-state index contributed by atoms with van der Waals surface area (Å²) in [6.45, 7) is 1.78. The maximum absolute atomic E-state index is 13.5. The third-order valence-electron chi connectivity index (χ3n) is 2.51. The number of hydrogen-bond acceptors (Lipinski definition) is 2. The molecule has 8 heteroatoms. The van der Waals surface area contributed by atoms with Crippen LogP contribution in [0.25, 0.3) is 5.69 Å². The zero-order valence-corrected chi connectivity index (χ0v) is 10.4. The molecule has 1 aromatic heterocycles. The van der Waals surface area contributed by atoms with E-state index >= 15 is 0 Å². The van der Waals surface area contributed by atoms with Crippen molar-refractivity contribution < 1.29 is 17.6 Å². The van der Waals surface area contributed by atoms with Gasteiger partial charge in [-0.15, -0.1) is 16.7 Å². The summed E-state index contributed by atoms with van der Waals surface area (Å²) in [7, 11) is 0. The second-order valence-electron chi connectivity index (χ2n) is 3.78. The number of benzene rings is 1. The first-order chi connectivity index (χ1) is 8.95. The molecule has 0 aliphatic heterocycles. The number of rotatable bonds is 3. The molecule has 19 heavy (non-hydrogen) atoms. The van der Waals surface area contributed by atoms with E-state index in [2.05, 4.69) is 10.3 Å². The summed E-state index contributed by atoms with van der Waals surface area (Å²) in [6, 6.07) is 0.127. The summed E-state index contributed by atoms with van der Waals surface area (Å²) in [5.74, 6) is -6.11. The molecule has 0 saturated carbocycles. The predicted octanol–water partition coefficient (Wildman–Crippen LogP) is 3.51. The number of alkyl halides is 1. The average Bonchev–Trinajstić information content (AvgIpc) is 2.85. The van der Waals surface area contributed by atoms with Crippen molar-refractivity contribution in [1.82, 2.24) is 15.0 Å². The normalized spacial score (nSPS) is 12.7. The van der Waals surface area contributed by atoms with Gasteiger partial charge in [0, 0.05) is 6.07 Å². The molecule has 0 radical (unpaired) electrons. The number of halogens is 5. The molecular weight excluding hydrogens is 286 g/mol. The molecule has 2 rings (SSSR count). The summed E-state index contributed by atoms with van der Waals surface area (Å²) in [5, 5.41) is 6.53. The zero-order valence-electron chi connectivity index (χ0n) is 9.67. The van der Waals surface area contributed by atoms with Gasteiger partial charge in [-0.2, -0.15) is 0 Å². The van der Waals surface area contributed by atoms with Gasteiger partial charge in [-0.3, -0.25) is 0 Å². The largest absolute Gasteiger partial charge is 0.214 e. The van der Waals surface area contributed by atoms with Gasteiger partial charge >= 0.3 is 0 Å². The highest BCUT2D eigenvalue weighted by atomic mass is 35.5. The van der Waals surface area contributed by atoms with Crippen LogP contribution in [0, 0.1) is 23.3 Å². The van der Waals surface area contributed by atoms with E-state index in [4.69, 9.17) is 11.6 Å². The maximum Gasteiger partial charge on any atom is 0.187 e.